The SMILES string of the molecule is CC1COCC(C)N1C(=O)CCCN. The average Bonchev–Trinajstić information content (AvgIpc) is 2.14. The molecular weight excluding hydrogens is 180 g/mol. The number of ether oxygens (including phenoxy) is 1. The summed E-state index contributed by atoms with van der Waals surface area (Å²) in [7, 11) is 0. The van der Waals surface area contributed by atoms with E-state index in [1.54, 1.807) is 0 Å². The molecule has 0 bridgehead atoms. The van der Waals surface area contributed by atoms with Crippen LogP contribution in [0.5, 0.6) is 0 Å². The second-order valence-electron chi connectivity index (χ2n) is 3.93. The standard InChI is InChI=1S/C10H20N2O2/c1-8-6-14-7-9(2)12(8)10(13)4-3-5-11/h8-9H,3-7,11H2,1-2H3. The first-order valence-corrected chi connectivity index (χ1v) is 5.25. The van der Waals surface area contributed by atoms with Crippen molar-refractivity contribution in [1.29, 1.82) is 0 Å². The van der Waals surface area contributed by atoms with Crippen LogP contribution in [0.4, 0.5) is 0 Å². The van der Waals surface area contributed by atoms with Crippen molar-refractivity contribution < 1.29 is 9.53 Å². The smallest absolute Gasteiger partial charge is 0.223 e. The van der Waals surface area contributed by atoms with Gasteiger partial charge in [0.15, 0.2) is 0 Å². The topological polar surface area (TPSA) is 55.6 Å². The maximum absolute atomic E-state index is 11.8. The van der Waals surface area contributed by atoms with E-state index in [0.29, 0.717) is 26.2 Å². The molecule has 1 heterocycles. The second kappa shape index (κ2) is 5.32. The molecule has 1 fully saturated rings. The predicted molar refractivity (Wildman–Crippen MR) is 54.9 cm³/mol. The number of nitrogens with two attached hydrogens (primary N) is 1. The minimum absolute atomic E-state index is 0.198. The highest BCUT2D eigenvalue weighted by molar-refractivity contribution is 5.77. The van der Waals surface area contributed by atoms with Gasteiger partial charge >= 0.3 is 0 Å². The Labute approximate surface area is 85.4 Å². The second-order valence-corrected chi connectivity index (χ2v) is 3.93. The number of hydrogen-bond acceptors (Lipinski definition) is 3. The first-order valence-electron chi connectivity index (χ1n) is 5.25. The fourth-order valence-electron chi connectivity index (χ4n) is 1.88. The molecular formula is C10H20N2O2. The number of carbonyl (C=O) groups excluding carboxylic acids is 1. The third-order valence-corrected chi connectivity index (χ3v) is 2.55. The van der Waals surface area contributed by atoms with E-state index >= 15 is 0 Å². The molecule has 1 saturated heterocycles. The lowest BCUT2D eigenvalue weighted by molar-refractivity contribution is -0.144. The van der Waals surface area contributed by atoms with Crippen molar-refractivity contribution in [2.75, 3.05) is 19.8 Å². The largest absolute Gasteiger partial charge is 0.377 e. The number of rotatable bonds is 3. The summed E-state index contributed by atoms with van der Waals surface area (Å²) in [6.45, 7) is 5.93. The summed E-state index contributed by atoms with van der Waals surface area (Å²) < 4.78 is 5.36. The fraction of sp³-hybridized carbons (Fsp3) is 0.900. The van der Waals surface area contributed by atoms with E-state index in [1.807, 2.05) is 18.7 Å². The molecule has 0 radical (unpaired) electrons. The van der Waals surface area contributed by atoms with Crippen molar-refractivity contribution in [2.24, 2.45) is 5.73 Å². The van der Waals surface area contributed by atoms with Crippen molar-refractivity contribution in [3.8, 4) is 0 Å². The summed E-state index contributed by atoms with van der Waals surface area (Å²) in [5, 5.41) is 0. The quantitative estimate of drug-likeness (QED) is 0.715. The van der Waals surface area contributed by atoms with Gasteiger partial charge in [-0.05, 0) is 26.8 Å². The van der Waals surface area contributed by atoms with E-state index in [4.69, 9.17) is 10.5 Å². The van der Waals surface area contributed by atoms with Gasteiger partial charge in [0.1, 0.15) is 0 Å². The summed E-state index contributed by atoms with van der Waals surface area (Å²) in [5.74, 6) is 0.207. The van der Waals surface area contributed by atoms with Crippen LogP contribution in [0.15, 0.2) is 0 Å². The van der Waals surface area contributed by atoms with Crippen molar-refractivity contribution >= 4 is 5.91 Å². The molecule has 0 saturated carbocycles. The van der Waals surface area contributed by atoms with E-state index in [0.717, 1.165) is 6.42 Å². The molecule has 14 heavy (non-hydrogen) atoms. The van der Waals surface area contributed by atoms with Gasteiger partial charge in [-0.25, -0.2) is 0 Å². The van der Waals surface area contributed by atoms with Crippen LogP contribution in [0.2, 0.25) is 0 Å². The molecule has 1 amide bonds. The van der Waals surface area contributed by atoms with Gasteiger partial charge in [-0.15, -0.1) is 0 Å². The van der Waals surface area contributed by atoms with Crippen LogP contribution in [0.25, 0.3) is 0 Å². The number of nitrogens with zero attached hydrogens (tertiary/aromatic N) is 1. The number of hydrogen-bond donors (Lipinski definition) is 1. The summed E-state index contributed by atoms with van der Waals surface area (Å²) in [6, 6.07) is 0.396. The van der Waals surface area contributed by atoms with Crippen LogP contribution in [0.1, 0.15) is 26.7 Å². The highest BCUT2D eigenvalue weighted by Crippen LogP contribution is 2.14. The zero-order valence-electron chi connectivity index (χ0n) is 9.03. The average molecular weight is 200 g/mol. The van der Waals surface area contributed by atoms with Gasteiger partial charge in [-0.2, -0.15) is 0 Å². The van der Waals surface area contributed by atoms with Gasteiger partial charge in [0, 0.05) is 6.42 Å². The maximum atomic E-state index is 11.8. The normalized spacial score (nSPS) is 27.8. The molecule has 4 nitrogen and oxygen atoms in total. The highest BCUT2D eigenvalue weighted by atomic mass is 16.5. The molecule has 0 spiro atoms. The maximum Gasteiger partial charge on any atom is 0.223 e. The Morgan fingerprint density at radius 2 is 2.00 bits per heavy atom. The Morgan fingerprint density at radius 3 is 2.50 bits per heavy atom. The number of amides is 1. The van der Waals surface area contributed by atoms with Crippen LogP contribution in [0, 0.1) is 0 Å². The summed E-state index contributed by atoms with van der Waals surface area (Å²) in [6.07, 6.45) is 1.33. The van der Waals surface area contributed by atoms with E-state index in [-0.39, 0.29) is 18.0 Å². The van der Waals surface area contributed by atoms with E-state index < -0.39 is 0 Å². The Hall–Kier alpha value is -0.610. The van der Waals surface area contributed by atoms with Gasteiger partial charge in [-0.1, -0.05) is 0 Å². The van der Waals surface area contributed by atoms with Crippen LogP contribution in [0.3, 0.4) is 0 Å². The molecule has 2 N–H and O–H groups in total. The summed E-state index contributed by atoms with van der Waals surface area (Å²) >= 11 is 0. The first-order chi connectivity index (χ1) is 6.66. The van der Waals surface area contributed by atoms with E-state index in [1.165, 1.54) is 0 Å². The molecule has 1 aliphatic heterocycles. The predicted octanol–water partition coefficient (Wildman–Crippen LogP) is 0.361. The van der Waals surface area contributed by atoms with Crippen LogP contribution in [-0.2, 0) is 9.53 Å². The third-order valence-electron chi connectivity index (χ3n) is 2.55. The molecule has 4 heteroatoms. The Balaban J connectivity index is 2.49. The fourth-order valence-corrected chi connectivity index (χ4v) is 1.88. The Kier molecular flexibility index (Phi) is 4.35. The Bertz CT molecular complexity index is 187. The molecule has 0 aromatic rings. The zero-order valence-corrected chi connectivity index (χ0v) is 9.03. The van der Waals surface area contributed by atoms with Crippen LogP contribution < -0.4 is 5.73 Å². The minimum atomic E-state index is 0.198. The van der Waals surface area contributed by atoms with Crippen molar-refractivity contribution in [2.45, 2.75) is 38.8 Å². The molecule has 2 atom stereocenters. The van der Waals surface area contributed by atoms with E-state index in [9.17, 15) is 4.79 Å². The van der Waals surface area contributed by atoms with Crippen molar-refractivity contribution in [3.63, 3.8) is 0 Å². The number of carbonyl (C=O) groups is 1. The van der Waals surface area contributed by atoms with Crippen LogP contribution in [-0.4, -0.2) is 42.6 Å². The summed E-state index contributed by atoms with van der Waals surface area (Å²) in [4.78, 5) is 13.7. The number of morpholine rings is 1. The zero-order chi connectivity index (χ0) is 10.6. The molecule has 0 aromatic heterocycles. The van der Waals surface area contributed by atoms with Crippen molar-refractivity contribution in [3.05, 3.63) is 0 Å². The van der Waals surface area contributed by atoms with E-state index in [2.05, 4.69) is 0 Å². The molecule has 82 valence electrons. The van der Waals surface area contributed by atoms with Gasteiger partial charge in [0.2, 0.25) is 5.91 Å². The minimum Gasteiger partial charge on any atom is -0.377 e. The molecule has 1 rings (SSSR count). The summed E-state index contributed by atoms with van der Waals surface area (Å²) in [5.41, 5.74) is 5.38. The molecule has 1 aliphatic rings. The lowest BCUT2D eigenvalue weighted by atomic mass is 10.1. The van der Waals surface area contributed by atoms with Crippen molar-refractivity contribution in [1.82, 2.24) is 4.90 Å². The third kappa shape index (κ3) is 2.69. The highest BCUT2D eigenvalue weighted by Gasteiger charge is 2.28. The van der Waals surface area contributed by atoms with Gasteiger partial charge in [0.25, 0.3) is 0 Å². The molecule has 0 aromatic carbocycles. The van der Waals surface area contributed by atoms with Gasteiger partial charge in [0.05, 0.1) is 25.3 Å². The first kappa shape index (κ1) is 11.5. The lowest BCUT2D eigenvalue weighted by Crippen LogP contribution is -2.52. The monoisotopic (exact) mass is 200 g/mol. The Morgan fingerprint density at radius 1 is 1.43 bits per heavy atom. The molecule has 2 unspecified atom stereocenters. The van der Waals surface area contributed by atoms with Crippen LogP contribution >= 0.6 is 0 Å². The molecule has 0 aliphatic carbocycles. The lowest BCUT2D eigenvalue weighted by Gasteiger charge is -2.38. The van der Waals surface area contributed by atoms with Gasteiger partial charge in [-0.3, -0.25) is 4.79 Å². The van der Waals surface area contributed by atoms with Gasteiger partial charge < -0.3 is 15.4 Å².